The van der Waals surface area contributed by atoms with Crippen LogP contribution >= 0.6 is 23.4 Å². The molecule has 98 valence electrons. The highest BCUT2D eigenvalue weighted by Gasteiger charge is 2.19. The third kappa shape index (κ3) is 2.27. The Hall–Kier alpha value is -1.37. The van der Waals surface area contributed by atoms with Crippen molar-refractivity contribution in [3.63, 3.8) is 0 Å². The molecule has 0 unspecified atom stereocenters. The summed E-state index contributed by atoms with van der Waals surface area (Å²) in [6.07, 6.45) is 0. The summed E-state index contributed by atoms with van der Waals surface area (Å²) in [6, 6.07) is 5.91. The molecule has 0 bridgehead atoms. The van der Waals surface area contributed by atoms with Gasteiger partial charge in [0.15, 0.2) is 5.82 Å². The summed E-state index contributed by atoms with van der Waals surface area (Å²) >= 11 is 7.65. The summed E-state index contributed by atoms with van der Waals surface area (Å²) in [5.41, 5.74) is 8.71. The fourth-order valence-corrected chi connectivity index (χ4v) is 2.84. The molecule has 2 heterocycles. The van der Waals surface area contributed by atoms with Crippen molar-refractivity contribution >= 4 is 29.1 Å². The van der Waals surface area contributed by atoms with Gasteiger partial charge in [-0.25, -0.2) is 0 Å². The molecule has 0 spiro atoms. The standard InChI is InChI=1S/C12H12ClN5S/c1-7-4-8(2-3-9(7)13)10-6-19-12-16-15-11(5-14)18(12)17-10/h2-4H,5-6,14H2,1H3. The van der Waals surface area contributed by atoms with Crippen LogP contribution in [0.2, 0.25) is 5.02 Å². The second-order valence-electron chi connectivity index (χ2n) is 4.21. The molecule has 0 atom stereocenters. The maximum atomic E-state index is 6.04. The van der Waals surface area contributed by atoms with E-state index in [4.69, 9.17) is 17.3 Å². The zero-order valence-electron chi connectivity index (χ0n) is 10.3. The molecule has 0 saturated carbocycles. The van der Waals surface area contributed by atoms with Crippen LogP contribution in [0.25, 0.3) is 0 Å². The van der Waals surface area contributed by atoms with Gasteiger partial charge in [-0.2, -0.15) is 9.78 Å². The molecule has 2 N–H and O–H groups in total. The smallest absolute Gasteiger partial charge is 0.212 e. The minimum absolute atomic E-state index is 0.323. The number of rotatable bonds is 2. The molecule has 1 aliphatic rings. The van der Waals surface area contributed by atoms with E-state index in [9.17, 15) is 0 Å². The number of thioether (sulfide) groups is 1. The fourth-order valence-electron chi connectivity index (χ4n) is 1.86. The van der Waals surface area contributed by atoms with Crippen LogP contribution in [0.15, 0.2) is 28.5 Å². The zero-order chi connectivity index (χ0) is 13.4. The molecule has 0 amide bonds. The Morgan fingerprint density at radius 3 is 3.00 bits per heavy atom. The number of halogens is 1. The van der Waals surface area contributed by atoms with Gasteiger partial charge in [0.05, 0.1) is 12.3 Å². The van der Waals surface area contributed by atoms with Gasteiger partial charge in [0.25, 0.3) is 0 Å². The van der Waals surface area contributed by atoms with Gasteiger partial charge in [0.2, 0.25) is 5.16 Å². The van der Waals surface area contributed by atoms with Crippen LogP contribution in [-0.2, 0) is 6.54 Å². The van der Waals surface area contributed by atoms with Gasteiger partial charge in [-0.05, 0) is 30.2 Å². The molecule has 0 radical (unpaired) electrons. The minimum atomic E-state index is 0.323. The third-order valence-corrected chi connectivity index (χ3v) is 4.26. The lowest BCUT2D eigenvalue weighted by Gasteiger charge is -2.14. The number of aryl methyl sites for hydroxylation is 1. The molecule has 1 aromatic carbocycles. The van der Waals surface area contributed by atoms with E-state index in [-0.39, 0.29) is 0 Å². The quantitative estimate of drug-likeness (QED) is 0.920. The van der Waals surface area contributed by atoms with E-state index >= 15 is 0 Å². The Kier molecular flexibility index (Phi) is 3.30. The number of aromatic nitrogens is 3. The Labute approximate surface area is 119 Å². The third-order valence-electron chi connectivity index (χ3n) is 2.91. The van der Waals surface area contributed by atoms with Crippen molar-refractivity contribution in [2.75, 3.05) is 5.75 Å². The Bertz CT molecular complexity index is 664. The zero-order valence-corrected chi connectivity index (χ0v) is 11.9. The monoisotopic (exact) mass is 293 g/mol. The molecule has 0 aliphatic carbocycles. The van der Waals surface area contributed by atoms with Crippen LogP contribution in [0, 0.1) is 6.92 Å². The molecule has 1 aliphatic heterocycles. The largest absolute Gasteiger partial charge is 0.324 e. The first kappa shape index (κ1) is 12.7. The van der Waals surface area contributed by atoms with Crippen LogP contribution in [0.1, 0.15) is 17.0 Å². The van der Waals surface area contributed by atoms with Gasteiger partial charge in [0, 0.05) is 10.8 Å². The van der Waals surface area contributed by atoms with E-state index in [1.165, 1.54) is 0 Å². The van der Waals surface area contributed by atoms with Crippen LogP contribution in [-0.4, -0.2) is 26.3 Å². The summed E-state index contributed by atoms with van der Waals surface area (Å²) in [4.78, 5) is 0. The average Bonchev–Trinajstić information content (AvgIpc) is 2.84. The first-order valence-electron chi connectivity index (χ1n) is 5.80. The van der Waals surface area contributed by atoms with E-state index in [1.807, 2.05) is 25.1 Å². The normalized spacial score (nSPS) is 14.2. The molecular formula is C12H12ClN5S. The summed E-state index contributed by atoms with van der Waals surface area (Å²) in [6.45, 7) is 2.31. The highest BCUT2D eigenvalue weighted by Crippen LogP contribution is 2.25. The van der Waals surface area contributed by atoms with E-state index in [0.29, 0.717) is 12.4 Å². The van der Waals surface area contributed by atoms with Crippen molar-refractivity contribution in [2.45, 2.75) is 18.6 Å². The maximum Gasteiger partial charge on any atom is 0.212 e. The van der Waals surface area contributed by atoms with Gasteiger partial charge in [-0.3, -0.25) is 0 Å². The predicted molar refractivity (Wildman–Crippen MR) is 76.8 cm³/mol. The van der Waals surface area contributed by atoms with E-state index in [2.05, 4.69) is 15.3 Å². The van der Waals surface area contributed by atoms with E-state index in [1.54, 1.807) is 16.4 Å². The molecule has 5 nitrogen and oxygen atoms in total. The predicted octanol–water partition coefficient (Wildman–Crippen LogP) is 2.06. The second kappa shape index (κ2) is 4.96. The van der Waals surface area contributed by atoms with Crippen LogP contribution in [0.4, 0.5) is 0 Å². The number of nitrogens with two attached hydrogens (primary N) is 1. The number of benzene rings is 1. The molecule has 19 heavy (non-hydrogen) atoms. The first-order valence-corrected chi connectivity index (χ1v) is 7.17. The van der Waals surface area contributed by atoms with Gasteiger partial charge in [-0.15, -0.1) is 10.2 Å². The lowest BCUT2D eigenvalue weighted by atomic mass is 10.1. The SMILES string of the molecule is Cc1cc(C2=Nn3c(CN)nnc3SC2)ccc1Cl. The Morgan fingerprint density at radius 1 is 1.42 bits per heavy atom. The van der Waals surface area contributed by atoms with Gasteiger partial charge in [-0.1, -0.05) is 29.4 Å². The summed E-state index contributed by atoms with van der Waals surface area (Å²) in [5.74, 6) is 1.44. The number of fused-ring (bicyclic) bond motifs is 1. The van der Waals surface area contributed by atoms with Crippen molar-refractivity contribution in [3.8, 4) is 0 Å². The maximum absolute atomic E-state index is 6.04. The summed E-state index contributed by atoms with van der Waals surface area (Å²) < 4.78 is 1.72. The minimum Gasteiger partial charge on any atom is -0.324 e. The summed E-state index contributed by atoms with van der Waals surface area (Å²) in [7, 11) is 0. The van der Waals surface area contributed by atoms with Crippen molar-refractivity contribution in [2.24, 2.45) is 10.8 Å². The highest BCUT2D eigenvalue weighted by molar-refractivity contribution is 7.99. The molecule has 0 saturated heterocycles. The fraction of sp³-hybridized carbons (Fsp3) is 0.250. The van der Waals surface area contributed by atoms with Crippen molar-refractivity contribution in [1.82, 2.24) is 14.9 Å². The first-order chi connectivity index (χ1) is 9.19. The van der Waals surface area contributed by atoms with Crippen LogP contribution in [0.5, 0.6) is 0 Å². The number of hydrogen-bond donors (Lipinski definition) is 1. The Balaban J connectivity index is 2.04. The number of nitrogens with zero attached hydrogens (tertiary/aromatic N) is 4. The average molecular weight is 294 g/mol. The molecule has 2 aromatic rings. The van der Waals surface area contributed by atoms with Crippen molar-refractivity contribution in [3.05, 3.63) is 40.2 Å². The molecule has 0 fully saturated rings. The summed E-state index contributed by atoms with van der Waals surface area (Å²) in [5, 5.41) is 14.2. The molecule has 7 heteroatoms. The molecular weight excluding hydrogens is 282 g/mol. The van der Waals surface area contributed by atoms with E-state index < -0.39 is 0 Å². The molecule has 3 rings (SSSR count). The van der Waals surface area contributed by atoms with Crippen LogP contribution in [0.3, 0.4) is 0 Å². The van der Waals surface area contributed by atoms with Gasteiger partial charge >= 0.3 is 0 Å². The lowest BCUT2D eigenvalue weighted by Crippen LogP contribution is -2.16. The van der Waals surface area contributed by atoms with Gasteiger partial charge < -0.3 is 5.73 Å². The van der Waals surface area contributed by atoms with Crippen molar-refractivity contribution in [1.29, 1.82) is 0 Å². The Morgan fingerprint density at radius 2 is 2.26 bits per heavy atom. The second-order valence-corrected chi connectivity index (χ2v) is 5.56. The highest BCUT2D eigenvalue weighted by atomic mass is 35.5. The lowest BCUT2D eigenvalue weighted by molar-refractivity contribution is 0.708. The van der Waals surface area contributed by atoms with Crippen LogP contribution < -0.4 is 5.73 Å². The topological polar surface area (TPSA) is 69.1 Å². The molecule has 1 aromatic heterocycles. The van der Waals surface area contributed by atoms with Gasteiger partial charge in [0.1, 0.15) is 0 Å². The van der Waals surface area contributed by atoms with E-state index in [0.717, 1.165) is 32.8 Å². The number of hydrogen-bond acceptors (Lipinski definition) is 5. The van der Waals surface area contributed by atoms with Crippen molar-refractivity contribution < 1.29 is 0 Å².